The molecule has 3 rings (SSSR count). The van der Waals surface area contributed by atoms with Gasteiger partial charge in [0.2, 0.25) is 0 Å². The van der Waals surface area contributed by atoms with Crippen LogP contribution in [0.25, 0.3) is 0 Å². The van der Waals surface area contributed by atoms with Gasteiger partial charge in [-0.3, -0.25) is 9.59 Å². The lowest BCUT2D eigenvalue weighted by atomic mass is 9.87. The normalized spacial score (nSPS) is 14.6. The summed E-state index contributed by atoms with van der Waals surface area (Å²) in [4.78, 5) is 24.9. The SMILES string of the molecule is CCC(NC(=O)C(=O)Nc1ccc(C(C)(C)C)cc1)c1ccc2c(c1)CCCC2. The zero-order chi connectivity index (χ0) is 21.0. The van der Waals surface area contributed by atoms with Crippen LogP contribution >= 0.6 is 0 Å². The van der Waals surface area contributed by atoms with E-state index < -0.39 is 11.8 Å². The van der Waals surface area contributed by atoms with E-state index in [1.54, 1.807) is 0 Å². The molecule has 0 heterocycles. The van der Waals surface area contributed by atoms with Crippen molar-refractivity contribution in [2.75, 3.05) is 5.32 Å². The molecule has 4 nitrogen and oxygen atoms in total. The fourth-order valence-electron chi connectivity index (χ4n) is 3.86. The number of hydrogen-bond acceptors (Lipinski definition) is 2. The van der Waals surface area contributed by atoms with Crippen LogP contribution in [-0.2, 0) is 27.8 Å². The van der Waals surface area contributed by atoms with E-state index in [0.29, 0.717) is 5.69 Å². The molecule has 29 heavy (non-hydrogen) atoms. The average Bonchev–Trinajstić information content (AvgIpc) is 2.71. The van der Waals surface area contributed by atoms with E-state index in [2.05, 4.69) is 49.6 Å². The lowest BCUT2D eigenvalue weighted by Gasteiger charge is -2.21. The first-order valence-corrected chi connectivity index (χ1v) is 10.6. The van der Waals surface area contributed by atoms with Gasteiger partial charge in [-0.05, 0) is 71.9 Å². The third-order valence-electron chi connectivity index (χ3n) is 5.70. The van der Waals surface area contributed by atoms with Crippen LogP contribution in [0.1, 0.15) is 75.3 Å². The lowest BCUT2D eigenvalue weighted by Crippen LogP contribution is -2.37. The number of carbonyl (C=O) groups is 2. The zero-order valence-electron chi connectivity index (χ0n) is 18.0. The van der Waals surface area contributed by atoms with Crippen molar-refractivity contribution in [2.45, 2.75) is 71.3 Å². The summed E-state index contributed by atoms with van der Waals surface area (Å²) in [7, 11) is 0. The predicted molar refractivity (Wildman–Crippen MR) is 118 cm³/mol. The van der Waals surface area contributed by atoms with Crippen molar-refractivity contribution < 1.29 is 9.59 Å². The minimum atomic E-state index is -0.634. The van der Waals surface area contributed by atoms with Crippen LogP contribution in [-0.4, -0.2) is 11.8 Å². The molecule has 154 valence electrons. The number of amides is 2. The molecule has 4 heteroatoms. The number of fused-ring (bicyclic) bond motifs is 1. The highest BCUT2D eigenvalue weighted by Crippen LogP contribution is 2.26. The predicted octanol–water partition coefficient (Wildman–Crippen LogP) is 5.07. The van der Waals surface area contributed by atoms with E-state index in [0.717, 1.165) is 24.8 Å². The summed E-state index contributed by atoms with van der Waals surface area (Å²) in [5.74, 6) is -1.24. The molecule has 0 aliphatic heterocycles. The Morgan fingerprint density at radius 1 is 0.931 bits per heavy atom. The first-order valence-electron chi connectivity index (χ1n) is 10.6. The van der Waals surface area contributed by atoms with Gasteiger partial charge in [0.05, 0.1) is 6.04 Å². The second-order valence-electron chi connectivity index (χ2n) is 8.95. The Morgan fingerprint density at radius 2 is 1.59 bits per heavy atom. The molecule has 0 spiro atoms. The monoisotopic (exact) mass is 392 g/mol. The van der Waals surface area contributed by atoms with Crippen LogP contribution < -0.4 is 10.6 Å². The number of aryl methyl sites for hydroxylation is 2. The Bertz CT molecular complexity index is 879. The van der Waals surface area contributed by atoms with Crippen LogP contribution in [0, 0.1) is 0 Å². The molecule has 0 radical (unpaired) electrons. The fraction of sp³-hybridized carbons (Fsp3) is 0.440. The van der Waals surface area contributed by atoms with E-state index in [-0.39, 0.29) is 11.5 Å². The third kappa shape index (κ3) is 5.26. The van der Waals surface area contributed by atoms with Crippen LogP contribution in [0.2, 0.25) is 0 Å². The molecule has 1 aliphatic carbocycles. The Kier molecular flexibility index (Phi) is 6.41. The largest absolute Gasteiger partial charge is 0.341 e. The molecule has 2 N–H and O–H groups in total. The van der Waals surface area contributed by atoms with Gasteiger partial charge in [0.25, 0.3) is 0 Å². The van der Waals surface area contributed by atoms with Gasteiger partial charge in [0, 0.05) is 5.69 Å². The van der Waals surface area contributed by atoms with Gasteiger partial charge < -0.3 is 10.6 Å². The van der Waals surface area contributed by atoms with Gasteiger partial charge >= 0.3 is 11.8 Å². The van der Waals surface area contributed by atoms with Crippen molar-refractivity contribution in [3.05, 3.63) is 64.7 Å². The average molecular weight is 393 g/mol. The highest BCUT2D eigenvalue weighted by molar-refractivity contribution is 6.39. The lowest BCUT2D eigenvalue weighted by molar-refractivity contribution is -0.136. The number of benzene rings is 2. The van der Waals surface area contributed by atoms with Crippen molar-refractivity contribution >= 4 is 17.5 Å². The van der Waals surface area contributed by atoms with Crippen molar-refractivity contribution in [1.82, 2.24) is 5.32 Å². The summed E-state index contributed by atoms with van der Waals surface area (Å²) >= 11 is 0. The van der Waals surface area contributed by atoms with Crippen LogP contribution in [0.15, 0.2) is 42.5 Å². The number of anilines is 1. The van der Waals surface area contributed by atoms with Crippen LogP contribution in [0.3, 0.4) is 0 Å². The molecule has 2 amide bonds. The second-order valence-corrected chi connectivity index (χ2v) is 8.95. The standard InChI is InChI=1S/C25H32N2O2/c1-5-22(19-11-10-17-8-6-7-9-18(17)16-19)27-24(29)23(28)26-21-14-12-20(13-15-21)25(2,3)4/h10-16,22H,5-9H2,1-4H3,(H,26,28)(H,27,29). The van der Waals surface area contributed by atoms with Gasteiger partial charge in [-0.2, -0.15) is 0 Å². The van der Waals surface area contributed by atoms with Crippen molar-refractivity contribution in [1.29, 1.82) is 0 Å². The number of rotatable bonds is 4. The fourth-order valence-corrected chi connectivity index (χ4v) is 3.86. The van der Waals surface area contributed by atoms with Gasteiger partial charge in [0.15, 0.2) is 0 Å². The first-order chi connectivity index (χ1) is 13.8. The number of nitrogens with one attached hydrogen (secondary N) is 2. The molecule has 0 saturated heterocycles. The summed E-state index contributed by atoms with van der Waals surface area (Å²) < 4.78 is 0. The maximum Gasteiger partial charge on any atom is 0.313 e. The molecule has 1 atom stereocenters. The highest BCUT2D eigenvalue weighted by Gasteiger charge is 2.21. The van der Waals surface area contributed by atoms with E-state index in [4.69, 9.17) is 0 Å². The Labute approximate surface area is 174 Å². The van der Waals surface area contributed by atoms with Gasteiger partial charge in [0.1, 0.15) is 0 Å². The summed E-state index contributed by atoms with van der Waals surface area (Å²) in [6, 6.07) is 13.9. The van der Waals surface area contributed by atoms with Gasteiger partial charge in [-0.15, -0.1) is 0 Å². The van der Waals surface area contributed by atoms with Crippen molar-refractivity contribution in [3.63, 3.8) is 0 Å². The maximum atomic E-state index is 12.5. The number of hydrogen-bond donors (Lipinski definition) is 2. The number of carbonyl (C=O) groups excluding carboxylic acids is 2. The molecule has 0 aromatic heterocycles. The smallest absolute Gasteiger partial charge is 0.313 e. The summed E-state index contributed by atoms with van der Waals surface area (Å²) in [6.45, 7) is 8.44. The highest BCUT2D eigenvalue weighted by atomic mass is 16.2. The molecular formula is C25H32N2O2. The quantitative estimate of drug-likeness (QED) is 0.714. The maximum absolute atomic E-state index is 12.5. The zero-order valence-corrected chi connectivity index (χ0v) is 18.0. The summed E-state index contributed by atoms with van der Waals surface area (Å²) in [5, 5.41) is 5.59. The Hall–Kier alpha value is -2.62. The Balaban J connectivity index is 1.64. The van der Waals surface area contributed by atoms with Gasteiger partial charge in [-0.25, -0.2) is 0 Å². The molecule has 1 aliphatic rings. The minimum absolute atomic E-state index is 0.0448. The van der Waals surface area contributed by atoms with E-state index >= 15 is 0 Å². The minimum Gasteiger partial charge on any atom is -0.341 e. The van der Waals surface area contributed by atoms with Crippen LogP contribution in [0.4, 0.5) is 5.69 Å². The molecular weight excluding hydrogens is 360 g/mol. The van der Waals surface area contributed by atoms with E-state index in [1.165, 1.54) is 29.5 Å². The summed E-state index contributed by atoms with van der Waals surface area (Å²) in [5.41, 5.74) is 5.72. The summed E-state index contributed by atoms with van der Waals surface area (Å²) in [6.07, 6.45) is 5.43. The Morgan fingerprint density at radius 3 is 2.21 bits per heavy atom. The molecule has 2 aromatic carbocycles. The van der Waals surface area contributed by atoms with E-state index in [1.807, 2.05) is 31.2 Å². The first kappa shape index (κ1) is 21.1. The third-order valence-corrected chi connectivity index (χ3v) is 5.70. The van der Waals surface area contributed by atoms with E-state index in [9.17, 15) is 9.59 Å². The molecule has 0 fully saturated rings. The van der Waals surface area contributed by atoms with Crippen molar-refractivity contribution in [3.8, 4) is 0 Å². The molecule has 2 aromatic rings. The second kappa shape index (κ2) is 8.81. The van der Waals surface area contributed by atoms with Crippen LogP contribution in [0.5, 0.6) is 0 Å². The molecule has 1 unspecified atom stereocenters. The van der Waals surface area contributed by atoms with Crippen molar-refractivity contribution in [2.24, 2.45) is 0 Å². The topological polar surface area (TPSA) is 58.2 Å². The van der Waals surface area contributed by atoms with Gasteiger partial charge in [-0.1, -0.05) is 58.0 Å². The molecule has 0 saturated carbocycles. The molecule has 0 bridgehead atoms.